The van der Waals surface area contributed by atoms with Crippen LogP contribution in [0.5, 0.6) is 5.88 Å². The van der Waals surface area contributed by atoms with E-state index >= 15 is 0 Å². The molecule has 0 aliphatic rings. The van der Waals surface area contributed by atoms with Crippen molar-refractivity contribution in [1.29, 1.82) is 0 Å². The largest absolute Gasteiger partial charge is 0.479 e. The Morgan fingerprint density at radius 2 is 1.88 bits per heavy atom. The van der Waals surface area contributed by atoms with Gasteiger partial charge in [0.05, 0.1) is 7.11 Å². The molecule has 0 aliphatic carbocycles. The minimum atomic E-state index is 0.194. The summed E-state index contributed by atoms with van der Waals surface area (Å²) >= 11 is 5.98. The van der Waals surface area contributed by atoms with Gasteiger partial charge in [-0.2, -0.15) is 0 Å². The van der Waals surface area contributed by atoms with Crippen LogP contribution in [0.25, 0.3) is 11.4 Å². The van der Waals surface area contributed by atoms with Gasteiger partial charge in [-0.15, -0.1) is 0 Å². The van der Waals surface area contributed by atoms with E-state index in [1.54, 1.807) is 0 Å². The van der Waals surface area contributed by atoms with E-state index in [9.17, 15) is 0 Å². The number of nitrogens with zero attached hydrogens (tertiary/aromatic N) is 4. The molecule has 0 aromatic carbocycles. The van der Waals surface area contributed by atoms with Gasteiger partial charge in [-0.1, -0.05) is 11.6 Å². The summed E-state index contributed by atoms with van der Waals surface area (Å²) < 4.78 is 5.06. The molecule has 7 heteroatoms. The number of halogens is 1. The van der Waals surface area contributed by atoms with Crippen LogP contribution in [0.3, 0.4) is 0 Å². The molecule has 2 aromatic rings. The number of nitrogen functional groups attached to an aromatic ring is 1. The van der Waals surface area contributed by atoms with E-state index < -0.39 is 0 Å². The van der Waals surface area contributed by atoms with Gasteiger partial charge >= 0.3 is 0 Å². The Hall–Kier alpha value is -1.95. The smallest absolute Gasteiger partial charge is 0.242 e. The molecule has 0 aliphatic heterocycles. The molecule has 2 aromatic heterocycles. The SMILES string of the molecule is COc1nccnc1-c1ncnc(N)c1Cl. The second-order valence-electron chi connectivity index (χ2n) is 2.84. The van der Waals surface area contributed by atoms with Crippen LogP contribution < -0.4 is 10.5 Å². The average molecular weight is 238 g/mol. The first-order chi connectivity index (χ1) is 7.74. The molecule has 0 amide bonds. The van der Waals surface area contributed by atoms with Crippen molar-refractivity contribution in [2.45, 2.75) is 0 Å². The molecule has 0 fully saturated rings. The van der Waals surface area contributed by atoms with Crippen molar-refractivity contribution in [2.24, 2.45) is 0 Å². The van der Waals surface area contributed by atoms with Crippen LogP contribution >= 0.6 is 11.6 Å². The monoisotopic (exact) mass is 237 g/mol. The lowest BCUT2D eigenvalue weighted by Crippen LogP contribution is -1.99. The highest BCUT2D eigenvalue weighted by atomic mass is 35.5. The molecule has 0 saturated carbocycles. The van der Waals surface area contributed by atoms with Crippen LogP contribution in [-0.4, -0.2) is 27.0 Å². The molecule has 0 spiro atoms. The number of hydrogen-bond acceptors (Lipinski definition) is 6. The summed E-state index contributed by atoms with van der Waals surface area (Å²) in [5.41, 5.74) is 6.41. The zero-order valence-corrected chi connectivity index (χ0v) is 9.14. The van der Waals surface area contributed by atoms with Crippen molar-refractivity contribution in [2.75, 3.05) is 12.8 Å². The highest BCUT2D eigenvalue weighted by Gasteiger charge is 2.15. The number of nitrogens with two attached hydrogens (primary N) is 1. The van der Waals surface area contributed by atoms with Crippen molar-refractivity contribution >= 4 is 17.4 Å². The minimum Gasteiger partial charge on any atom is -0.479 e. The Balaban J connectivity index is 2.63. The van der Waals surface area contributed by atoms with E-state index in [2.05, 4.69) is 19.9 Å². The molecule has 0 unspecified atom stereocenters. The molecule has 0 atom stereocenters. The van der Waals surface area contributed by atoms with Crippen LogP contribution in [0.4, 0.5) is 5.82 Å². The molecule has 0 saturated heterocycles. The third-order valence-electron chi connectivity index (χ3n) is 1.90. The summed E-state index contributed by atoms with van der Waals surface area (Å²) in [6.45, 7) is 0. The van der Waals surface area contributed by atoms with Gasteiger partial charge in [-0.25, -0.2) is 19.9 Å². The lowest BCUT2D eigenvalue weighted by molar-refractivity contribution is 0.397. The van der Waals surface area contributed by atoms with Gasteiger partial charge in [-0.05, 0) is 0 Å². The first kappa shape index (κ1) is 10.6. The predicted octanol–water partition coefficient (Wildman–Crippen LogP) is 1.18. The average Bonchev–Trinajstić information content (AvgIpc) is 2.33. The van der Waals surface area contributed by atoms with Crippen LogP contribution in [0.2, 0.25) is 5.02 Å². The number of aromatic nitrogens is 4. The normalized spacial score (nSPS) is 10.1. The molecule has 0 radical (unpaired) electrons. The topological polar surface area (TPSA) is 86.8 Å². The van der Waals surface area contributed by atoms with Gasteiger partial charge in [0, 0.05) is 12.4 Å². The number of ether oxygens (including phenoxy) is 1. The summed E-state index contributed by atoms with van der Waals surface area (Å²) in [5.74, 6) is 0.530. The fourth-order valence-corrected chi connectivity index (χ4v) is 1.37. The first-order valence-corrected chi connectivity index (χ1v) is 4.73. The third kappa shape index (κ3) is 1.74. The van der Waals surface area contributed by atoms with Crippen molar-refractivity contribution in [3.8, 4) is 17.3 Å². The van der Waals surface area contributed by atoms with Gasteiger partial charge in [0.2, 0.25) is 5.88 Å². The molecule has 0 bridgehead atoms. The second-order valence-corrected chi connectivity index (χ2v) is 3.21. The van der Waals surface area contributed by atoms with Gasteiger partial charge in [-0.3, -0.25) is 0 Å². The Labute approximate surface area is 96.5 Å². The quantitative estimate of drug-likeness (QED) is 0.844. The number of anilines is 1. The lowest BCUT2D eigenvalue weighted by atomic mass is 10.3. The van der Waals surface area contributed by atoms with Crippen molar-refractivity contribution in [3.63, 3.8) is 0 Å². The van der Waals surface area contributed by atoms with Crippen LogP contribution in [0, 0.1) is 0 Å². The summed E-state index contributed by atoms with van der Waals surface area (Å²) in [7, 11) is 1.49. The molecule has 6 nitrogen and oxygen atoms in total. The number of rotatable bonds is 2. The van der Waals surface area contributed by atoms with Gasteiger partial charge in [0.1, 0.15) is 22.9 Å². The highest BCUT2D eigenvalue weighted by Crippen LogP contribution is 2.31. The number of hydrogen-bond donors (Lipinski definition) is 1. The minimum absolute atomic E-state index is 0.194. The van der Waals surface area contributed by atoms with E-state index in [1.807, 2.05) is 0 Å². The van der Waals surface area contributed by atoms with Crippen LogP contribution in [0.15, 0.2) is 18.7 Å². The molecular formula is C9H8ClN5O. The molecule has 2 N–H and O–H groups in total. The molecule has 2 rings (SSSR count). The van der Waals surface area contributed by atoms with Crippen LogP contribution in [-0.2, 0) is 0 Å². The maximum atomic E-state index is 5.98. The summed E-state index contributed by atoms with van der Waals surface area (Å²) in [4.78, 5) is 15.9. The zero-order valence-electron chi connectivity index (χ0n) is 8.38. The second kappa shape index (κ2) is 4.28. The van der Waals surface area contributed by atoms with Gasteiger partial charge in [0.15, 0.2) is 5.69 Å². The van der Waals surface area contributed by atoms with Gasteiger partial charge < -0.3 is 10.5 Å². The fraction of sp³-hybridized carbons (Fsp3) is 0.111. The molecular weight excluding hydrogens is 230 g/mol. The summed E-state index contributed by atoms with van der Waals surface area (Å²) in [5, 5.41) is 0.237. The number of methoxy groups -OCH3 is 1. The third-order valence-corrected chi connectivity index (χ3v) is 2.27. The zero-order chi connectivity index (χ0) is 11.5. The van der Waals surface area contributed by atoms with Crippen LogP contribution in [0.1, 0.15) is 0 Å². The Morgan fingerprint density at radius 3 is 2.62 bits per heavy atom. The molecule has 82 valence electrons. The van der Waals surface area contributed by atoms with E-state index in [0.717, 1.165) is 0 Å². The van der Waals surface area contributed by atoms with Crippen molar-refractivity contribution in [3.05, 3.63) is 23.7 Å². The Bertz CT molecular complexity index is 519. The van der Waals surface area contributed by atoms with E-state index in [-0.39, 0.29) is 10.8 Å². The maximum Gasteiger partial charge on any atom is 0.242 e. The lowest BCUT2D eigenvalue weighted by Gasteiger charge is -2.06. The van der Waals surface area contributed by atoms with Crippen molar-refractivity contribution < 1.29 is 4.74 Å². The summed E-state index contributed by atoms with van der Waals surface area (Å²) in [6.07, 6.45) is 4.35. The van der Waals surface area contributed by atoms with E-state index in [4.69, 9.17) is 22.1 Å². The maximum absolute atomic E-state index is 5.98. The molecule has 16 heavy (non-hydrogen) atoms. The Kier molecular flexibility index (Phi) is 2.82. The highest BCUT2D eigenvalue weighted by molar-refractivity contribution is 6.35. The van der Waals surface area contributed by atoms with Crippen molar-refractivity contribution in [1.82, 2.24) is 19.9 Å². The summed E-state index contributed by atoms with van der Waals surface area (Å²) in [6, 6.07) is 0. The van der Waals surface area contributed by atoms with Gasteiger partial charge in [0.25, 0.3) is 0 Å². The molecule has 2 heterocycles. The fourth-order valence-electron chi connectivity index (χ4n) is 1.19. The van der Waals surface area contributed by atoms with E-state index in [1.165, 1.54) is 25.8 Å². The first-order valence-electron chi connectivity index (χ1n) is 4.35. The van der Waals surface area contributed by atoms with E-state index in [0.29, 0.717) is 17.3 Å². The predicted molar refractivity (Wildman–Crippen MR) is 59.0 cm³/mol. The Morgan fingerprint density at radius 1 is 1.12 bits per heavy atom. The standard InChI is InChI=1S/C9H8ClN5O/c1-16-9-7(12-2-3-13-9)6-5(10)8(11)15-4-14-6/h2-4H,1H3,(H2,11,14,15).